The molecule has 0 amide bonds. The highest BCUT2D eigenvalue weighted by molar-refractivity contribution is 6.45. The molecule has 0 fully saturated rings. The fourth-order valence-electron chi connectivity index (χ4n) is 0.522. The average Bonchev–Trinajstić information content (AvgIpc) is 2.23. The zero-order chi connectivity index (χ0) is 14.1. The van der Waals surface area contributed by atoms with Crippen LogP contribution in [0.5, 0.6) is 0 Å². The van der Waals surface area contributed by atoms with Crippen molar-refractivity contribution in [2.24, 2.45) is 0 Å². The van der Waals surface area contributed by atoms with Crippen molar-refractivity contribution in [2.45, 2.75) is 0 Å². The number of aliphatic carboxylic acids is 1. The van der Waals surface area contributed by atoms with Crippen LogP contribution in [0.15, 0.2) is 0 Å². The van der Waals surface area contributed by atoms with E-state index in [-0.39, 0.29) is 0 Å². The van der Waals surface area contributed by atoms with Gasteiger partial charge >= 0.3 is 31.6 Å². The van der Waals surface area contributed by atoms with Crippen molar-refractivity contribution in [3.8, 4) is 0 Å². The third kappa shape index (κ3) is 7.73. The summed E-state index contributed by atoms with van der Waals surface area (Å²) < 4.78 is 27.7. The van der Waals surface area contributed by atoms with E-state index in [4.69, 9.17) is 10.2 Å². The van der Waals surface area contributed by atoms with Crippen LogP contribution in [0.2, 0.25) is 0 Å². The number of carbonyl (C=O) groups excluding carboxylic acids is 2. The molecule has 0 saturated heterocycles. The molecule has 0 radical (unpaired) electrons. The maximum Gasteiger partial charge on any atom is 0.837 e. The molecular weight excluding hydrogens is 262 g/mol. The lowest BCUT2D eigenvalue weighted by Crippen LogP contribution is -2.29. The SMILES string of the molecule is O=C(O)OCCOC(=O)OB(F)OC(=O)C(=O)O. The lowest BCUT2D eigenvalue weighted by Gasteiger charge is -2.06. The highest BCUT2D eigenvalue weighted by Gasteiger charge is 2.33. The molecule has 0 heterocycles. The van der Waals surface area contributed by atoms with Gasteiger partial charge < -0.3 is 29.0 Å². The molecule has 0 aliphatic heterocycles. The van der Waals surface area contributed by atoms with Gasteiger partial charge in [0.25, 0.3) is 0 Å². The van der Waals surface area contributed by atoms with Gasteiger partial charge in [0.05, 0.1) is 0 Å². The van der Waals surface area contributed by atoms with Crippen molar-refractivity contribution >= 4 is 31.6 Å². The standard InChI is InChI=1S/C6H6BFO10/c8-7(17-4(11)3(9)10)18-6(14)16-2-1-15-5(12)13/h1-2H2,(H,9,10)(H,12,13). The van der Waals surface area contributed by atoms with Crippen LogP contribution in [-0.2, 0) is 28.4 Å². The Morgan fingerprint density at radius 1 is 1.00 bits per heavy atom. The van der Waals surface area contributed by atoms with Crippen molar-refractivity contribution < 1.29 is 52.5 Å². The molecule has 0 saturated carbocycles. The fourth-order valence-corrected chi connectivity index (χ4v) is 0.522. The molecule has 0 aromatic rings. The first-order valence-electron chi connectivity index (χ1n) is 4.10. The normalized spacial score (nSPS) is 8.94. The third-order valence-corrected chi connectivity index (χ3v) is 1.09. The van der Waals surface area contributed by atoms with Crippen LogP contribution in [0.3, 0.4) is 0 Å². The van der Waals surface area contributed by atoms with Crippen molar-refractivity contribution in [3.05, 3.63) is 0 Å². The first-order valence-corrected chi connectivity index (χ1v) is 4.10. The molecule has 2 N–H and O–H groups in total. The summed E-state index contributed by atoms with van der Waals surface area (Å²) in [4.78, 5) is 40.7. The maximum absolute atomic E-state index is 12.5. The van der Waals surface area contributed by atoms with Gasteiger partial charge in [0.1, 0.15) is 13.2 Å². The number of carboxylic acids is 1. The number of carboxylic acid groups (broad SMARTS) is 2. The molecule has 0 aromatic carbocycles. The molecule has 18 heavy (non-hydrogen) atoms. The number of rotatable bonds is 5. The van der Waals surface area contributed by atoms with Crippen molar-refractivity contribution in [2.75, 3.05) is 13.2 Å². The van der Waals surface area contributed by atoms with E-state index in [0.717, 1.165) is 0 Å². The van der Waals surface area contributed by atoms with E-state index in [2.05, 4.69) is 18.8 Å². The lowest BCUT2D eigenvalue weighted by molar-refractivity contribution is -0.159. The monoisotopic (exact) mass is 268 g/mol. The third-order valence-electron chi connectivity index (χ3n) is 1.09. The second kappa shape index (κ2) is 7.70. The number of hydrogen-bond acceptors (Lipinski definition) is 8. The topological polar surface area (TPSA) is 146 Å². The molecule has 0 aromatic heterocycles. The van der Waals surface area contributed by atoms with E-state index in [1.54, 1.807) is 0 Å². The summed E-state index contributed by atoms with van der Waals surface area (Å²) in [6.07, 6.45) is -3.25. The summed E-state index contributed by atoms with van der Waals surface area (Å²) in [6.45, 7) is -1.08. The van der Waals surface area contributed by atoms with E-state index in [0.29, 0.717) is 0 Å². The molecule has 10 nitrogen and oxygen atoms in total. The molecule has 0 bridgehead atoms. The summed E-state index contributed by atoms with van der Waals surface area (Å²) in [7, 11) is -2.96. The molecule has 0 atom stereocenters. The van der Waals surface area contributed by atoms with Crippen molar-refractivity contribution in [1.82, 2.24) is 0 Å². The summed E-state index contributed by atoms with van der Waals surface area (Å²) in [5, 5.41) is 16.0. The quantitative estimate of drug-likeness (QED) is 0.287. The van der Waals surface area contributed by atoms with Gasteiger partial charge in [-0.1, -0.05) is 0 Å². The van der Waals surface area contributed by atoms with E-state index < -0.39 is 44.9 Å². The Bertz CT molecular complexity index is 343. The average molecular weight is 268 g/mol. The van der Waals surface area contributed by atoms with Crippen LogP contribution in [0.4, 0.5) is 13.9 Å². The molecule has 0 aliphatic rings. The minimum absolute atomic E-state index is 0.518. The largest absolute Gasteiger partial charge is 0.837 e. The van der Waals surface area contributed by atoms with Gasteiger partial charge in [0.15, 0.2) is 0 Å². The van der Waals surface area contributed by atoms with Gasteiger partial charge in [0, 0.05) is 0 Å². The highest BCUT2D eigenvalue weighted by atomic mass is 19.1. The van der Waals surface area contributed by atoms with E-state index >= 15 is 0 Å². The number of carbonyl (C=O) groups is 4. The summed E-state index contributed by atoms with van der Waals surface area (Å²) in [5.41, 5.74) is 0. The Morgan fingerprint density at radius 2 is 1.56 bits per heavy atom. The highest BCUT2D eigenvalue weighted by Crippen LogP contribution is 1.96. The Morgan fingerprint density at radius 3 is 2.06 bits per heavy atom. The summed E-state index contributed by atoms with van der Waals surface area (Å²) >= 11 is 0. The van der Waals surface area contributed by atoms with Crippen LogP contribution < -0.4 is 0 Å². The van der Waals surface area contributed by atoms with Crippen LogP contribution in [-0.4, -0.2) is 55.1 Å². The minimum atomic E-state index is -2.96. The van der Waals surface area contributed by atoms with Gasteiger partial charge in [-0.3, -0.25) is 0 Å². The summed E-state index contributed by atoms with van der Waals surface area (Å²) in [5.74, 6) is -4.05. The van der Waals surface area contributed by atoms with Gasteiger partial charge in [-0.15, -0.1) is 0 Å². The predicted octanol–water partition coefficient (Wildman–Crippen LogP) is -0.584. The smallest absolute Gasteiger partial charge is 0.473 e. The number of hydrogen-bond donors (Lipinski definition) is 2. The zero-order valence-electron chi connectivity index (χ0n) is 8.53. The summed E-state index contributed by atoms with van der Waals surface area (Å²) in [6, 6.07) is 0. The molecule has 12 heteroatoms. The van der Waals surface area contributed by atoms with Gasteiger partial charge in [-0.2, -0.15) is 0 Å². The fraction of sp³-hybridized carbons (Fsp3) is 0.333. The molecule has 100 valence electrons. The molecule has 0 rings (SSSR count). The van der Waals surface area contributed by atoms with Gasteiger partial charge in [-0.25, -0.2) is 23.5 Å². The molecular formula is C6H6BFO10. The Balaban J connectivity index is 3.77. The zero-order valence-corrected chi connectivity index (χ0v) is 8.53. The van der Waals surface area contributed by atoms with E-state index in [1.165, 1.54) is 0 Å². The second-order valence-corrected chi connectivity index (χ2v) is 2.32. The van der Waals surface area contributed by atoms with Crippen molar-refractivity contribution in [1.29, 1.82) is 0 Å². The second-order valence-electron chi connectivity index (χ2n) is 2.32. The van der Waals surface area contributed by atoms with Crippen molar-refractivity contribution in [3.63, 3.8) is 0 Å². The van der Waals surface area contributed by atoms with Crippen LogP contribution in [0.25, 0.3) is 0 Å². The molecule has 0 aliphatic carbocycles. The molecule has 0 spiro atoms. The van der Waals surface area contributed by atoms with E-state index in [9.17, 15) is 23.5 Å². The Kier molecular flexibility index (Phi) is 6.62. The van der Waals surface area contributed by atoms with Gasteiger partial charge in [-0.05, 0) is 0 Å². The Labute approximate surface area is 98.4 Å². The van der Waals surface area contributed by atoms with E-state index in [1.807, 2.05) is 0 Å². The number of ether oxygens (including phenoxy) is 2. The lowest BCUT2D eigenvalue weighted by atomic mass is 10.3. The van der Waals surface area contributed by atoms with Crippen LogP contribution in [0.1, 0.15) is 0 Å². The maximum atomic E-state index is 12.5. The molecule has 0 unspecified atom stereocenters. The first-order chi connectivity index (χ1) is 8.32. The first kappa shape index (κ1) is 15.5. The number of halogens is 1. The van der Waals surface area contributed by atoms with Gasteiger partial charge in [0.2, 0.25) is 0 Å². The predicted molar refractivity (Wildman–Crippen MR) is 47.0 cm³/mol. The van der Waals surface area contributed by atoms with Crippen LogP contribution in [0, 0.1) is 0 Å². The van der Waals surface area contributed by atoms with Crippen LogP contribution >= 0.6 is 0 Å². The Hall–Kier alpha value is -2.53. The minimum Gasteiger partial charge on any atom is -0.473 e.